The molecule has 3 aromatic rings. The summed E-state index contributed by atoms with van der Waals surface area (Å²) in [7, 11) is 1.63. The highest BCUT2D eigenvalue weighted by atomic mass is 16.5. The van der Waals surface area contributed by atoms with Crippen molar-refractivity contribution in [3.63, 3.8) is 0 Å². The van der Waals surface area contributed by atoms with E-state index in [4.69, 9.17) is 9.84 Å². The number of carboxylic acid groups (broad SMARTS) is 1. The molecule has 4 N–H and O–H groups in total. The van der Waals surface area contributed by atoms with E-state index in [9.17, 15) is 9.59 Å². The number of aryl methyl sites for hydroxylation is 2. The number of carbonyl (C=O) groups is 2. The zero-order valence-corrected chi connectivity index (χ0v) is 15.1. The molecule has 0 aliphatic carbocycles. The number of methoxy groups -OCH3 is 1. The Morgan fingerprint density at radius 2 is 1.96 bits per heavy atom. The van der Waals surface area contributed by atoms with Gasteiger partial charge in [-0.05, 0) is 42.7 Å². The van der Waals surface area contributed by atoms with Crippen LogP contribution in [0.5, 0.6) is 5.75 Å². The first kappa shape index (κ1) is 18.9. The normalized spacial score (nSPS) is 10.3. The lowest BCUT2D eigenvalue weighted by Crippen LogP contribution is -2.13. The lowest BCUT2D eigenvalue weighted by atomic mass is 10.1. The average molecular weight is 381 g/mol. The van der Waals surface area contributed by atoms with Gasteiger partial charge in [-0.2, -0.15) is 5.10 Å². The van der Waals surface area contributed by atoms with E-state index >= 15 is 0 Å². The number of pyridine rings is 1. The van der Waals surface area contributed by atoms with Crippen LogP contribution in [0.4, 0.5) is 16.4 Å². The number of rotatable bonds is 7. The van der Waals surface area contributed by atoms with Crippen LogP contribution in [0.15, 0.2) is 48.7 Å². The molecule has 3 rings (SSSR count). The molecule has 0 bridgehead atoms. The van der Waals surface area contributed by atoms with Gasteiger partial charge in [-0.15, -0.1) is 0 Å². The van der Waals surface area contributed by atoms with Crippen LogP contribution >= 0.6 is 0 Å². The van der Waals surface area contributed by atoms with Gasteiger partial charge in [0, 0.05) is 18.0 Å². The van der Waals surface area contributed by atoms with Crippen molar-refractivity contribution in [2.24, 2.45) is 0 Å². The van der Waals surface area contributed by atoms with Crippen molar-refractivity contribution >= 4 is 23.6 Å². The topological polar surface area (TPSA) is 129 Å². The second-order valence-electron chi connectivity index (χ2n) is 5.95. The number of aromatic nitrogens is 3. The van der Waals surface area contributed by atoms with Crippen molar-refractivity contribution in [2.45, 2.75) is 12.8 Å². The van der Waals surface area contributed by atoms with Crippen LogP contribution in [-0.4, -0.2) is 39.4 Å². The lowest BCUT2D eigenvalue weighted by Gasteiger charge is -2.03. The molecule has 2 heterocycles. The first-order chi connectivity index (χ1) is 13.5. The van der Waals surface area contributed by atoms with Gasteiger partial charge >= 0.3 is 6.09 Å². The summed E-state index contributed by atoms with van der Waals surface area (Å²) < 4.78 is 5.22. The molecule has 0 radical (unpaired) electrons. The molecule has 0 fully saturated rings. The first-order valence-corrected chi connectivity index (χ1v) is 8.48. The lowest BCUT2D eigenvalue weighted by molar-refractivity contribution is 0.102. The van der Waals surface area contributed by atoms with Gasteiger partial charge in [-0.3, -0.25) is 15.2 Å². The Labute approximate surface area is 160 Å². The third-order valence-corrected chi connectivity index (χ3v) is 3.95. The van der Waals surface area contributed by atoms with Crippen molar-refractivity contribution in [1.82, 2.24) is 15.2 Å². The number of nitrogens with one attached hydrogen (secondary N) is 3. The summed E-state index contributed by atoms with van der Waals surface area (Å²) >= 11 is 0. The number of anilines is 2. The molecule has 0 atom stereocenters. The predicted octanol–water partition coefficient (Wildman–Crippen LogP) is 2.94. The highest BCUT2D eigenvalue weighted by Crippen LogP contribution is 2.15. The standard InChI is InChI=1S/C19H19N5O4/c1-28-15-4-2-3-12(9-15)5-7-14-10-17(24-23-14)21-18(25)13-6-8-16(20-11-13)22-19(26)27/h2-4,6,8-11H,5,7H2,1H3,(H,20,22)(H,26,27)(H2,21,23,24,25). The van der Waals surface area contributed by atoms with Crippen molar-refractivity contribution in [3.05, 3.63) is 65.5 Å². The Balaban J connectivity index is 1.56. The maximum absolute atomic E-state index is 12.3. The molecule has 0 aliphatic rings. The maximum Gasteiger partial charge on any atom is 0.410 e. The minimum atomic E-state index is -1.22. The second-order valence-corrected chi connectivity index (χ2v) is 5.95. The van der Waals surface area contributed by atoms with Crippen LogP contribution in [0, 0.1) is 0 Å². The average Bonchev–Trinajstić information content (AvgIpc) is 3.14. The predicted molar refractivity (Wildman–Crippen MR) is 103 cm³/mol. The summed E-state index contributed by atoms with van der Waals surface area (Å²) in [6, 6.07) is 12.5. The van der Waals surface area contributed by atoms with E-state index in [1.165, 1.54) is 18.3 Å². The van der Waals surface area contributed by atoms with Crippen LogP contribution < -0.4 is 15.4 Å². The number of hydrogen-bond donors (Lipinski definition) is 4. The number of H-pyrrole nitrogens is 1. The number of aromatic amines is 1. The van der Waals surface area contributed by atoms with Crippen LogP contribution in [0.1, 0.15) is 21.6 Å². The second kappa shape index (κ2) is 8.67. The molecule has 0 spiro atoms. The summed E-state index contributed by atoms with van der Waals surface area (Å²) in [5.74, 6) is 0.968. The van der Waals surface area contributed by atoms with Gasteiger partial charge in [0.1, 0.15) is 11.6 Å². The zero-order chi connectivity index (χ0) is 19.9. The highest BCUT2D eigenvalue weighted by molar-refractivity contribution is 6.03. The summed E-state index contributed by atoms with van der Waals surface area (Å²) in [6.07, 6.45) is 1.60. The number of ether oxygens (including phenoxy) is 1. The minimum Gasteiger partial charge on any atom is -0.497 e. The highest BCUT2D eigenvalue weighted by Gasteiger charge is 2.10. The minimum absolute atomic E-state index is 0.142. The molecule has 9 heteroatoms. The van der Waals surface area contributed by atoms with Crippen molar-refractivity contribution in [2.75, 3.05) is 17.7 Å². The fourth-order valence-electron chi connectivity index (χ4n) is 2.56. The summed E-state index contributed by atoms with van der Waals surface area (Å²) in [5, 5.41) is 20.4. The first-order valence-electron chi connectivity index (χ1n) is 8.48. The molecule has 0 saturated heterocycles. The Bertz CT molecular complexity index is 968. The Morgan fingerprint density at radius 3 is 2.68 bits per heavy atom. The van der Waals surface area contributed by atoms with E-state index < -0.39 is 6.09 Å². The van der Waals surface area contributed by atoms with Gasteiger partial charge in [0.2, 0.25) is 0 Å². The number of carbonyl (C=O) groups excluding carboxylic acids is 1. The number of hydrogen-bond acceptors (Lipinski definition) is 5. The van der Waals surface area contributed by atoms with Gasteiger partial charge in [0.25, 0.3) is 5.91 Å². The van der Waals surface area contributed by atoms with E-state index in [-0.39, 0.29) is 17.3 Å². The molecule has 2 amide bonds. The van der Waals surface area contributed by atoms with Gasteiger partial charge < -0.3 is 15.2 Å². The van der Waals surface area contributed by atoms with Crippen LogP contribution in [0.3, 0.4) is 0 Å². The fraction of sp³-hybridized carbons (Fsp3) is 0.158. The SMILES string of the molecule is COc1cccc(CCc2cc(NC(=O)c3ccc(NC(=O)O)nc3)n[nH]2)c1. The third kappa shape index (κ3) is 5.07. The Morgan fingerprint density at radius 1 is 1.11 bits per heavy atom. The Kier molecular flexibility index (Phi) is 5.85. The molecule has 0 unspecified atom stereocenters. The molecule has 144 valence electrons. The monoisotopic (exact) mass is 381 g/mol. The molecule has 9 nitrogen and oxygen atoms in total. The number of nitrogens with zero attached hydrogens (tertiary/aromatic N) is 2. The van der Waals surface area contributed by atoms with Crippen molar-refractivity contribution in [3.8, 4) is 5.75 Å². The van der Waals surface area contributed by atoms with Crippen LogP contribution in [0.2, 0.25) is 0 Å². The molecule has 1 aromatic carbocycles. The molecule has 0 aliphatic heterocycles. The number of benzene rings is 1. The smallest absolute Gasteiger partial charge is 0.410 e. The quantitative estimate of drug-likeness (QED) is 0.498. The molecule has 28 heavy (non-hydrogen) atoms. The fourth-order valence-corrected chi connectivity index (χ4v) is 2.56. The molecular weight excluding hydrogens is 362 g/mol. The van der Waals surface area contributed by atoms with Crippen LogP contribution in [0.25, 0.3) is 0 Å². The Hall–Kier alpha value is -3.88. The van der Waals surface area contributed by atoms with Crippen molar-refractivity contribution in [1.29, 1.82) is 0 Å². The molecular formula is C19H19N5O4. The van der Waals surface area contributed by atoms with Gasteiger partial charge in [0.05, 0.1) is 12.7 Å². The summed E-state index contributed by atoms with van der Waals surface area (Å²) in [4.78, 5) is 26.7. The van der Waals surface area contributed by atoms with Gasteiger partial charge in [0.15, 0.2) is 5.82 Å². The molecule has 2 aromatic heterocycles. The van der Waals surface area contributed by atoms with E-state index in [2.05, 4.69) is 25.8 Å². The van der Waals surface area contributed by atoms with Crippen molar-refractivity contribution < 1.29 is 19.4 Å². The van der Waals surface area contributed by atoms with Gasteiger partial charge in [-0.1, -0.05) is 12.1 Å². The zero-order valence-electron chi connectivity index (χ0n) is 15.1. The maximum atomic E-state index is 12.3. The third-order valence-electron chi connectivity index (χ3n) is 3.95. The summed E-state index contributed by atoms with van der Waals surface area (Å²) in [6.45, 7) is 0. The summed E-state index contributed by atoms with van der Waals surface area (Å²) in [5.41, 5.74) is 2.31. The van der Waals surface area contributed by atoms with E-state index in [0.29, 0.717) is 5.82 Å². The van der Waals surface area contributed by atoms with Gasteiger partial charge in [-0.25, -0.2) is 9.78 Å². The van der Waals surface area contributed by atoms with E-state index in [0.717, 1.165) is 29.8 Å². The number of amides is 2. The van der Waals surface area contributed by atoms with E-state index in [1.807, 2.05) is 24.3 Å². The largest absolute Gasteiger partial charge is 0.497 e. The molecule has 0 saturated carbocycles. The van der Waals surface area contributed by atoms with E-state index in [1.54, 1.807) is 13.2 Å². The van der Waals surface area contributed by atoms with Crippen LogP contribution in [-0.2, 0) is 12.8 Å².